The van der Waals surface area contributed by atoms with Crippen LogP contribution in [0.5, 0.6) is 11.5 Å². The van der Waals surface area contributed by atoms with Crippen LogP contribution >= 0.6 is 0 Å². The largest absolute Gasteiger partial charge is 0.493 e. The quantitative estimate of drug-likeness (QED) is 0.734. The lowest BCUT2D eigenvalue weighted by Gasteiger charge is -2.12. The maximum Gasteiger partial charge on any atom is 0.161 e. The van der Waals surface area contributed by atoms with Gasteiger partial charge >= 0.3 is 0 Å². The third kappa shape index (κ3) is 4.41. The van der Waals surface area contributed by atoms with Crippen molar-refractivity contribution in [2.45, 2.75) is 45.6 Å². The highest BCUT2D eigenvalue weighted by molar-refractivity contribution is 5.42. The average molecular weight is 277 g/mol. The standard InChI is InChI=1S/C17H27NO2/c1-3-20-17-12-15(8-9-16(17)19-2)13-18-11-10-14-6-4-5-7-14/h8-9,12,14,18H,3-7,10-11,13H2,1-2H3. The van der Waals surface area contributed by atoms with E-state index in [0.717, 1.165) is 30.5 Å². The van der Waals surface area contributed by atoms with Gasteiger partial charge in [0.1, 0.15) is 0 Å². The number of hydrogen-bond donors (Lipinski definition) is 1. The van der Waals surface area contributed by atoms with Gasteiger partial charge in [-0.25, -0.2) is 0 Å². The van der Waals surface area contributed by atoms with Crippen molar-refractivity contribution in [1.29, 1.82) is 0 Å². The zero-order chi connectivity index (χ0) is 14.2. The molecule has 1 N–H and O–H groups in total. The van der Waals surface area contributed by atoms with Gasteiger partial charge in [-0.2, -0.15) is 0 Å². The maximum absolute atomic E-state index is 5.60. The molecule has 2 rings (SSSR count). The molecule has 0 aromatic heterocycles. The third-order valence-electron chi connectivity index (χ3n) is 4.06. The first-order valence-corrected chi connectivity index (χ1v) is 7.84. The van der Waals surface area contributed by atoms with E-state index in [1.54, 1.807) is 7.11 Å². The topological polar surface area (TPSA) is 30.5 Å². The third-order valence-corrected chi connectivity index (χ3v) is 4.06. The summed E-state index contributed by atoms with van der Waals surface area (Å²) in [4.78, 5) is 0. The van der Waals surface area contributed by atoms with Crippen LogP contribution in [0.25, 0.3) is 0 Å². The van der Waals surface area contributed by atoms with Crippen molar-refractivity contribution in [2.75, 3.05) is 20.3 Å². The van der Waals surface area contributed by atoms with E-state index in [4.69, 9.17) is 9.47 Å². The minimum Gasteiger partial charge on any atom is -0.493 e. The number of benzene rings is 1. The molecule has 0 atom stereocenters. The number of ether oxygens (including phenoxy) is 2. The fourth-order valence-electron chi connectivity index (χ4n) is 2.94. The molecule has 0 heterocycles. The van der Waals surface area contributed by atoms with Crippen LogP contribution in [0.3, 0.4) is 0 Å². The molecule has 0 aliphatic heterocycles. The molecule has 0 unspecified atom stereocenters. The molecule has 3 nitrogen and oxygen atoms in total. The van der Waals surface area contributed by atoms with Gasteiger partial charge < -0.3 is 14.8 Å². The summed E-state index contributed by atoms with van der Waals surface area (Å²) < 4.78 is 10.9. The van der Waals surface area contributed by atoms with Crippen molar-refractivity contribution in [2.24, 2.45) is 5.92 Å². The molecule has 3 heteroatoms. The molecule has 0 amide bonds. The molecule has 0 spiro atoms. The maximum atomic E-state index is 5.60. The van der Waals surface area contributed by atoms with E-state index in [0.29, 0.717) is 6.61 Å². The first-order valence-electron chi connectivity index (χ1n) is 7.84. The van der Waals surface area contributed by atoms with Crippen molar-refractivity contribution < 1.29 is 9.47 Å². The van der Waals surface area contributed by atoms with Gasteiger partial charge in [0.2, 0.25) is 0 Å². The van der Waals surface area contributed by atoms with Gasteiger partial charge in [-0.15, -0.1) is 0 Å². The predicted molar refractivity (Wildman–Crippen MR) is 82.4 cm³/mol. The van der Waals surface area contributed by atoms with Crippen LogP contribution in [-0.2, 0) is 6.54 Å². The number of hydrogen-bond acceptors (Lipinski definition) is 3. The molecule has 0 saturated heterocycles. The highest BCUT2D eigenvalue weighted by Gasteiger charge is 2.13. The van der Waals surface area contributed by atoms with Crippen molar-refractivity contribution in [3.05, 3.63) is 23.8 Å². The van der Waals surface area contributed by atoms with Crippen LogP contribution in [0.15, 0.2) is 18.2 Å². The minimum atomic E-state index is 0.662. The van der Waals surface area contributed by atoms with Gasteiger partial charge in [-0.1, -0.05) is 31.7 Å². The molecule has 20 heavy (non-hydrogen) atoms. The smallest absolute Gasteiger partial charge is 0.161 e. The SMILES string of the molecule is CCOc1cc(CNCCC2CCCC2)ccc1OC. The van der Waals surface area contributed by atoms with Gasteiger partial charge in [-0.05, 0) is 43.5 Å². The molecule has 1 aromatic rings. The Morgan fingerprint density at radius 3 is 2.70 bits per heavy atom. The fourth-order valence-corrected chi connectivity index (χ4v) is 2.94. The zero-order valence-electron chi connectivity index (χ0n) is 12.8. The zero-order valence-corrected chi connectivity index (χ0v) is 12.8. The van der Waals surface area contributed by atoms with Gasteiger partial charge in [0.25, 0.3) is 0 Å². The number of rotatable bonds is 8. The molecule has 112 valence electrons. The summed E-state index contributed by atoms with van der Waals surface area (Å²) in [7, 11) is 1.68. The summed E-state index contributed by atoms with van der Waals surface area (Å²) in [5.41, 5.74) is 1.25. The van der Waals surface area contributed by atoms with Crippen molar-refractivity contribution in [1.82, 2.24) is 5.32 Å². The number of methoxy groups -OCH3 is 1. The lowest BCUT2D eigenvalue weighted by Crippen LogP contribution is -2.17. The van der Waals surface area contributed by atoms with Gasteiger partial charge in [0.05, 0.1) is 13.7 Å². The molecule has 1 aromatic carbocycles. The second-order valence-electron chi connectivity index (χ2n) is 5.53. The molecule has 1 aliphatic rings. The summed E-state index contributed by atoms with van der Waals surface area (Å²) in [5, 5.41) is 3.54. The van der Waals surface area contributed by atoms with Crippen LogP contribution in [0, 0.1) is 5.92 Å². The molecule has 1 aliphatic carbocycles. The monoisotopic (exact) mass is 277 g/mol. The Hall–Kier alpha value is -1.22. The van der Waals surface area contributed by atoms with Crippen LogP contribution in [0.4, 0.5) is 0 Å². The molecule has 1 fully saturated rings. The molecule has 0 radical (unpaired) electrons. The highest BCUT2D eigenvalue weighted by Crippen LogP contribution is 2.28. The second kappa shape index (κ2) is 8.15. The summed E-state index contributed by atoms with van der Waals surface area (Å²) in [6.45, 7) is 4.67. The van der Waals surface area contributed by atoms with Crippen LogP contribution in [-0.4, -0.2) is 20.3 Å². The normalized spacial score (nSPS) is 15.5. The molecular formula is C17H27NO2. The average Bonchev–Trinajstić information content (AvgIpc) is 2.97. The lowest BCUT2D eigenvalue weighted by atomic mass is 10.0. The van der Waals surface area contributed by atoms with Gasteiger partial charge in [-0.3, -0.25) is 0 Å². The van der Waals surface area contributed by atoms with Gasteiger partial charge in [0, 0.05) is 6.54 Å². The van der Waals surface area contributed by atoms with E-state index in [2.05, 4.69) is 17.4 Å². The summed E-state index contributed by atoms with van der Waals surface area (Å²) >= 11 is 0. The predicted octanol–water partition coefficient (Wildman–Crippen LogP) is 3.76. The molecule has 1 saturated carbocycles. The van der Waals surface area contributed by atoms with Crippen LogP contribution in [0.2, 0.25) is 0 Å². The van der Waals surface area contributed by atoms with Crippen LogP contribution < -0.4 is 14.8 Å². The Kier molecular flexibility index (Phi) is 6.19. The molecular weight excluding hydrogens is 250 g/mol. The second-order valence-corrected chi connectivity index (χ2v) is 5.53. The van der Waals surface area contributed by atoms with Crippen molar-refractivity contribution >= 4 is 0 Å². The minimum absolute atomic E-state index is 0.662. The van der Waals surface area contributed by atoms with E-state index in [1.165, 1.54) is 37.7 Å². The van der Waals surface area contributed by atoms with E-state index < -0.39 is 0 Å². The van der Waals surface area contributed by atoms with E-state index in [9.17, 15) is 0 Å². The first-order chi connectivity index (χ1) is 9.83. The Labute approximate surface area is 122 Å². The summed E-state index contributed by atoms with van der Waals surface area (Å²) in [6.07, 6.45) is 7.04. The Morgan fingerprint density at radius 2 is 2.00 bits per heavy atom. The van der Waals surface area contributed by atoms with Gasteiger partial charge in [0.15, 0.2) is 11.5 Å². The van der Waals surface area contributed by atoms with E-state index >= 15 is 0 Å². The molecule has 0 bridgehead atoms. The van der Waals surface area contributed by atoms with Crippen molar-refractivity contribution in [3.63, 3.8) is 0 Å². The van der Waals surface area contributed by atoms with Crippen LogP contribution in [0.1, 0.15) is 44.6 Å². The Morgan fingerprint density at radius 1 is 1.20 bits per heavy atom. The lowest BCUT2D eigenvalue weighted by molar-refractivity contribution is 0.310. The first kappa shape index (κ1) is 15.2. The number of nitrogens with one attached hydrogen (secondary N) is 1. The fraction of sp³-hybridized carbons (Fsp3) is 0.647. The highest BCUT2D eigenvalue weighted by atomic mass is 16.5. The van der Waals surface area contributed by atoms with Crippen molar-refractivity contribution in [3.8, 4) is 11.5 Å². The summed E-state index contributed by atoms with van der Waals surface area (Å²) in [6, 6.07) is 6.16. The Bertz CT molecular complexity index is 400. The van der Waals surface area contributed by atoms with E-state index in [-0.39, 0.29) is 0 Å². The Balaban J connectivity index is 1.78. The van der Waals surface area contributed by atoms with E-state index in [1.807, 2.05) is 13.0 Å². The summed E-state index contributed by atoms with van der Waals surface area (Å²) in [5.74, 6) is 2.60.